The molecule has 2 fully saturated rings. The molecular weight excluding hydrogens is 606 g/mol. The van der Waals surface area contributed by atoms with Crippen LogP contribution in [-0.4, -0.2) is 143 Å². The van der Waals surface area contributed by atoms with Crippen molar-refractivity contribution in [3.8, 4) is 0 Å². The van der Waals surface area contributed by atoms with E-state index in [1.165, 1.54) is 0 Å². The normalized spacial score (nSPS) is 37.3. The van der Waals surface area contributed by atoms with Gasteiger partial charge in [-0.3, -0.25) is 0 Å². The number of ether oxygens (including phenoxy) is 2. The second-order valence-corrected chi connectivity index (χ2v) is 13.6. The van der Waals surface area contributed by atoms with Crippen LogP contribution < -0.4 is 0 Å². The first-order valence-electron chi connectivity index (χ1n) is 11.6. The van der Waals surface area contributed by atoms with Crippen molar-refractivity contribution >= 4 is 40.7 Å². The average Bonchev–Trinajstić information content (AvgIpc) is 2.89. The molecule has 10 nitrogen and oxygen atoms in total. The predicted molar refractivity (Wildman–Crippen MR) is 130 cm³/mol. The molecule has 12 heteroatoms. The second-order valence-electron chi connectivity index (χ2n) is 9.03. The number of hydrogen-bond donors (Lipinski definition) is 8. The number of fused-ring (bicyclic) bond motifs is 1. The summed E-state index contributed by atoms with van der Waals surface area (Å²) in [5.41, 5.74) is 2.08. The van der Waals surface area contributed by atoms with E-state index >= 15 is 0 Å². The van der Waals surface area contributed by atoms with Gasteiger partial charge in [-0.05, 0) is 0 Å². The monoisotopic (exact) mass is 640 g/mol. The quantitative estimate of drug-likeness (QED) is 0.138. The molecule has 8 N–H and O–H groups in total. The van der Waals surface area contributed by atoms with Crippen molar-refractivity contribution in [1.29, 1.82) is 0 Å². The molecule has 2 aliphatic heterocycles. The van der Waals surface area contributed by atoms with Crippen molar-refractivity contribution in [2.24, 2.45) is 0 Å². The third-order valence-electron chi connectivity index (χ3n) is 6.49. The first-order chi connectivity index (χ1) is 17.2. The summed E-state index contributed by atoms with van der Waals surface area (Å²) in [5, 5.41) is 81.1. The minimum absolute atomic E-state index is 0.241. The zero-order chi connectivity index (χ0) is 26.0. The van der Waals surface area contributed by atoms with Crippen molar-refractivity contribution in [3.05, 3.63) is 47.5 Å². The summed E-state index contributed by atoms with van der Waals surface area (Å²) in [4.78, 5) is 0. The Bertz CT molecular complexity index is 929. The fourth-order valence-corrected chi connectivity index (χ4v) is 8.97. The van der Waals surface area contributed by atoms with Gasteiger partial charge >= 0.3 is 221 Å². The Hall–Kier alpha value is -0.661. The average molecular weight is 638 g/mol. The van der Waals surface area contributed by atoms with Crippen LogP contribution >= 0.6 is 0 Å². The van der Waals surface area contributed by atoms with Gasteiger partial charge in [0.2, 0.25) is 0 Å². The zero-order valence-electron chi connectivity index (χ0n) is 19.3. The molecule has 36 heavy (non-hydrogen) atoms. The summed E-state index contributed by atoms with van der Waals surface area (Å²) in [7, 11) is 0. The van der Waals surface area contributed by atoms with Crippen LogP contribution in [-0.2, 0) is 20.1 Å². The van der Waals surface area contributed by atoms with Crippen LogP contribution in [0, 0.1) is 0 Å². The van der Waals surface area contributed by atoms with Crippen molar-refractivity contribution in [2.45, 2.75) is 69.5 Å². The Morgan fingerprint density at radius 2 is 0.944 bits per heavy atom. The molecule has 0 aromatic heterocycles. The number of aliphatic hydroxyl groups excluding tert-OH is 8. The Labute approximate surface area is 220 Å². The van der Waals surface area contributed by atoms with Gasteiger partial charge < -0.3 is 0 Å². The van der Waals surface area contributed by atoms with Crippen LogP contribution in [0.25, 0.3) is 10.8 Å². The third-order valence-corrected chi connectivity index (χ3v) is 11.6. The van der Waals surface area contributed by atoms with Crippen LogP contribution in [0.15, 0.2) is 36.4 Å². The van der Waals surface area contributed by atoms with E-state index in [-0.39, 0.29) is 29.9 Å². The Balaban J connectivity index is 1.36. The summed E-state index contributed by atoms with van der Waals surface area (Å²) in [5.74, 6) is 0. The number of benzene rings is 2. The molecule has 0 saturated carbocycles. The van der Waals surface area contributed by atoms with Gasteiger partial charge in [0.25, 0.3) is 0 Å². The molecule has 2 aromatic carbocycles. The minimum atomic E-state index is -1.36. The molecule has 0 spiro atoms. The van der Waals surface area contributed by atoms with Gasteiger partial charge in [0, 0.05) is 0 Å². The maximum atomic E-state index is 10.3. The number of hydrogen-bond acceptors (Lipinski definition) is 10. The van der Waals surface area contributed by atoms with Crippen LogP contribution in [0.1, 0.15) is 11.1 Å². The summed E-state index contributed by atoms with van der Waals surface area (Å²) in [6.45, 7) is -0.874. The molecule has 2 aliphatic rings. The van der Waals surface area contributed by atoms with E-state index in [1.54, 1.807) is 0 Å². The third kappa shape index (κ3) is 6.14. The molecule has 0 bridgehead atoms. The maximum absolute atomic E-state index is 10.3. The molecule has 2 saturated heterocycles. The van der Waals surface area contributed by atoms with Gasteiger partial charge in [0.05, 0.1) is 0 Å². The predicted octanol–water partition coefficient (Wildman–Crippen LogP) is -3.15. The number of rotatable bonds is 8. The first-order valence-corrected chi connectivity index (χ1v) is 16.0. The molecule has 4 rings (SSSR count). The van der Waals surface area contributed by atoms with Crippen LogP contribution in [0.3, 0.4) is 0 Å². The molecule has 0 unspecified atom stereocenters. The van der Waals surface area contributed by atoms with Crippen molar-refractivity contribution in [1.82, 2.24) is 0 Å². The van der Waals surface area contributed by atoms with E-state index < -0.39 is 72.1 Å². The SMILES string of the molecule is OC[C@H]1O[C@@H]([Se]Cc2ccc3cc(C[Se][C@@H]4O[C@H](CO)[C@H](O)[C@H](O)[C@H]4O)ccc3c2)[C@H](O)[C@@H](O)[C@H]1O. The van der Waals surface area contributed by atoms with Gasteiger partial charge in [0.1, 0.15) is 0 Å². The van der Waals surface area contributed by atoms with E-state index in [2.05, 4.69) is 0 Å². The summed E-state index contributed by atoms with van der Waals surface area (Å²) >= 11 is -0.481. The van der Waals surface area contributed by atoms with E-state index in [9.17, 15) is 40.9 Å². The molecule has 0 radical (unpaired) electrons. The van der Waals surface area contributed by atoms with E-state index in [4.69, 9.17) is 9.47 Å². The molecule has 0 aliphatic carbocycles. The van der Waals surface area contributed by atoms with Crippen molar-refractivity contribution in [3.63, 3.8) is 0 Å². The van der Waals surface area contributed by atoms with Gasteiger partial charge in [0.15, 0.2) is 0 Å². The zero-order valence-corrected chi connectivity index (χ0v) is 22.7. The van der Waals surface area contributed by atoms with Gasteiger partial charge in [-0.25, -0.2) is 0 Å². The summed E-state index contributed by atoms with van der Waals surface area (Å²) < 4.78 is 11.2. The molecular formula is C24H32O10Se2. The fraction of sp³-hybridized carbons (Fsp3) is 0.583. The molecule has 2 heterocycles. The van der Waals surface area contributed by atoms with Gasteiger partial charge in [-0.15, -0.1) is 0 Å². The second kappa shape index (κ2) is 12.5. The van der Waals surface area contributed by atoms with Gasteiger partial charge in [-0.2, -0.15) is 0 Å². The van der Waals surface area contributed by atoms with E-state index in [1.807, 2.05) is 36.4 Å². The summed E-state index contributed by atoms with van der Waals surface area (Å²) in [6.07, 6.45) is -9.63. The summed E-state index contributed by atoms with van der Waals surface area (Å²) in [6, 6.07) is 12.1. The Morgan fingerprint density at radius 1 is 0.556 bits per heavy atom. The van der Waals surface area contributed by atoms with Crippen LogP contribution in [0.4, 0.5) is 0 Å². The molecule has 0 amide bonds. The Morgan fingerprint density at radius 3 is 1.31 bits per heavy atom. The fourth-order valence-electron chi connectivity index (χ4n) is 4.29. The molecule has 10 atom stereocenters. The van der Waals surface area contributed by atoms with Crippen molar-refractivity contribution < 1.29 is 50.3 Å². The van der Waals surface area contributed by atoms with Crippen LogP contribution in [0.2, 0.25) is 0 Å². The number of aliphatic hydroxyl groups is 8. The van der Waals surface area contributed by atoms with Gasteiger partial charge in [-0.1, -0.05) is 0 Å². The topological polar surface area (TPSA) is 180 Å². The molecule has 200 valence electrons. The van der Waals surface area contributed by atoms with Crippen LogP contribution in [0.5, 0.6) is 0 Å². The molecule has 2 aromatic rings. The first kappa shape index (κ1) is 28.3. The van der Waals surface area contributed by atoms with Crippen molar-refractivity contribution in [2.75, 3.05) is 13.2 Å². The standard InChI is InChI=1S/C24H32O10Se2/c25-7-15-17(27)19(29)21(31)23(33-15)35-9-11-1-3-13-6-12(2-4-14(13)5-11)10-36-24-22(32)20(30)18(28)16(8-26)34-24/h1-6,15-32H,7-10H2/t15-,16-,17+,18+,19+,20+,21-,22-,23+,24+/m1/s1. The Kier molecular flexibility index (Phi) is 9.81. The van der Waals surface area contributed by atoms with E-state index in [0.717, 1.165) is 21.9 Å². The van der Waals surface area contributed by atoms with E-state index in [0.29, 0.717) is 10.6 Å².